The van der Waals surface area contributed by atoms with Crippen LogP contribution < -0.4 is 9.85 Å². The molecule has 0 N–H and O–H groups in total. The van der Waals surface area contributed by atoms with E-state index in [0.29, 0.717) is 60.2 Å². The fourth-order valence-electron chi connectivity index (χ4n) is 3.14. The number of piperazine rings is 1. The number of rotatable bonds is 10. The molecule has 3 heterocycles. The van der Waals surface area contributed by atoms with Gasteiger partial charge in [0.15, 0.2) is 5.76 Å². The van der Waals surface area contributed by atoms with Gasteiger partial charge in [-0.15, -0.1) is 0 Å². The lowest BCUT2D eigenvalue weighted by molar-refractivity contribution is -0.146. The zero-order chi connectivity index (χ0) is 22.4. The van der Waals surface area contributed by atoms with Crippen molar-refractivity contribution in [3.63, 3.8) is 0 Å². The zero-order valence-electron chi connectivity index (χ0n) is 17.1. The number of esters is 2. The molecule has 0 radical (unpaired) electrons. The Hall–Kier alpha value is -2.15. The van der Waals surface area contributed by atoms with Crippen molar-refractivity contribution in [3.8, 4) is 0 Å². The van der Waals surface area contributed by atoms with Crippen LogP contribution in [-0.4, -0.2) is 72.6 Å². The minimum absolute atomic E-state index is 0.0522. The fraction of sp³-hybridized carbons (Fsp3) is 0.611. The van der Waals surface area contributed by atoms with Gasteiger partial charge in [-0.25, -0.2) is 4.79 Å². The van der Waals surface area contributed by atoms with E-state index in [9.17, 15) is 14.4 Å². The first-order valence-electron chi connectivity index (χ1n) is 9.87. The van der Waals surface area contributed by atoms with Gasteiger partial charge in [-0.3, -0.25) is 14.6 Å². The predicted molar refractivity (Wildman–Crippen MR) is 115 cm³/mol. The van der Waals surface area contributed by atoms with Gasteiger partial charge in [0.2, 0.25) is 5.91 Å². The highest BCUT2D eigenvalue weighted by molar-refractivity contribution is 9.28. The van der Waals surface area contributed by atoms with Crippen molar-refractivity contribution in [2.75, 3.05) is 44.9 Å². The lowest BCUT2D eigenvalue weighted by atomic mass is 10.1. The van der Waals surface area contributed by atoms with Gasteiger partial charge in [-0.2, -0.15) is 4.63 Å². The lowest BCUT2D eigenvalue weighted by Crippen LogP contribution is -2.52. The minimum Gasteiger partial charge on any atom is -0.466 e. The smallest absolute Gasteiger partial charge is 0.339 e. The number of cyclic esters (lactones) is 1. The molecule has 0 aromatic carbocycles. The van der Waals surface area contributed by atoms with Crippen LogP contribution in [0.4, 0.5) is 0 Å². The van der Waals surface area contributed by atoms with Crippen LogP contribution in [0, 0.1) is 0 Å². The third kappa shape index (κ3) is 6.66. The molecule has 13 heteroatoms. The van der Waals surface area contributed by atoms with Gasteiger partial charge in [0.1, 0.15) is 15.5 Å². The van der Waals surface area contributed by atoms with Gasteiger partial charge in [0.05, 0.1) is 26.1 Å². The Kier molecular flexibility index (Phi) is 8.29. The Labute approximate surface area is 195 Å². The lowest BCUT2D eigenvalue weighted by Gasteiger charge is -2.32. The van der Waals surface area contributed by atoms with Crippen molar-refractivity contribution in [2.45, 2.75) is 32.1 Å². The second-order valence-corrected chi connectivity index (χ2v) is 9.60. The molecule has 172 valence electrons. The summed E-state index contributed by atoms with van der Waals surface area (Å²) in [4.78, 5) is 44.0. The normalized spacial score (nSPS) is 16.4. The molecule has 1 amide bonds. The van der Waals surface area contributed by atoms with E-state index >= 15 is 0 Å². The number of nitrogens with zero attached hydrogens (tertiary/aromatic N) is 4. The van der Waals surface area contributed by atoms with Gasteiger partial charge >= 0.3 is 11.9 Å². The summed E-state index contributed by atoms with van der Waals surface area (Å²) in [6.07, 6.45) is 3.71. The zero-order valence-corrected chi connectivity index (χ0v) is 20.2. The van der Waals surface area contributed by atoms with Crippen molar-refractivity contribution in [1.29, 1.82) is 0 Å². The number of amides is 1. The Morgan fingerprint density at radius 2 is 1.87 bits per heavy atom. The fourth-order valence-corrected chi connectivity index (χ4v) is 3.53. The van der Waals surface area contributed by atoms with Crippen LogP contribution in [0.3, 0.4) is 0 Å². The molecule has 1 fully saturated rings. The van der Waals surface area contributed by atoms with Crippen LogP contribution in [0.5, 0.6) is 0 Å². The Bertz CT molecular complexity index is 857. The predicted octanol–water partition coefficient (Wildman–Crippen LogP) is 1.66. The van der Waals surface area contributed by atoms with Gasteiger partial charge < -0.3 is 19.2 Å². The number of ether oxygens (including phenoxy) is 2. The number of hydrogen-bond donors (Lipinski definition) is 0. The molecule has 0 spiro atoms. The highest BCUT2D eigenvalue weighted by atomic mass is 79.9. The van der Waals surface area contributed by atoms with E-state index in [1.54, 1.807) is 11.0 Å². The quantitative estimate of drug-likeness (QED) is 0.310. The molecule has 2 aliphatic rings. The molecule has 0 unspecified atom stereocenters. The molecule has 0 bridgehead atoms. The molecule has 2 aliphatic heterocycles. The van der Waals surface area contributed by atoms with Gasteiger partial charge in [-0.05, 0) is 57.2 Å². The van der Waals surface area contributed by atoms with Gasteiger partial charge in [-0.1, -0.05) is 0 Å². The third-order valence-electron chi connectivity index (χ3n) is 4.87. The molecular weight excluding hydrogens is 544 g/mol. The summed E-state index contributed by atoms with van der Waals surface area (Å²) in [5, 5.41) is 3.15. The number of hydrogen-bond acceptors (Lipinski definition) is 8. The SMILES string of the molecule is COn1on1N1CCN(C(=O)CCC(=O)OCCCCC2=CC(=C(Br)Br)OC2=O)CC1. The number of allylic oxidation sites excluding steroid dienone is 1. The van der Waals surface area contributed by atoms with Crippen LogP contribution in [0.2, 0.25) is 0 Å². The number of carbonyl (C=O) groups is 3. The number of unbranched alkanes of at least 4 members (excludes halogenated alkanes) is 1. The molecule has 1 aromatic rings. The number of halogens is 2. The summed E-state index contributed by atoms with van der Waals surface area (Å²) >= 11 is 6.41. The second-order valence-electron chi connectivity index (χ2n) is 6.95. The van der Waals surface area contributed by atoms with Gasteiger partial charge in [0.25, 0.3) is 0 Å². The summed E-state index contributed by atoms with van der Waals surface area (Å²) < 4.78 is 15.9. The molecule has 31 heavy (non-hydrogen) atoms. The van der Waals surface area contributed by atoms with Crippen LogP contribution in [0.15, 0.2) is 25.4 Å². The van der Waals surface area contributed by atoms with Crippen molar-refractivity contribution in [3.05, 3.63) is 20.8 Å². The molecule has 1 saturated heterocycles. The highest BCUT2D eigenvalue weighted by Gasteiger charge is 2.27. The summed E-state index contributed by atoms with van der Waals surface area (Å²) in [6.45, 7) is 2.58. The van der Waals surface area contributed by atoms with Crippen LogP contribution >= 0.6 is 31.9 Å². The monoisotopic (exact) mass is 566 g/mol. The first-order chi connectivity index (χ1) is 14.9. The van der Waals surface area contributed by atoms with Crippen LogP contribution in [0.1, 0.15) is 32.1 Å². The summed E-state index contributed by atoms with van der Waals surface area (Å²) in [7, 11) is 1.50. The largest absolute Gasteiger partial charge is 0.466 e. The summed E-state index contributed by atoms with van der Waals surface area (Å²) in [6, 6.07) is 0. The molecule has 0 aliphatic carbocycles. The maximum Gasteiger partial charge on any atom is 0.339 e. The number of aromatic nitrogens is 2. The molecule has 0 atom stereocenters. The van der Waals surface area contributed by atoms with E-state index in [1.165, 1.54) is 17.1 Å². The second kappa shape index (κ2) is 10.9. The van der Waals surface area contributed by atoms with Crippen molar-refractivity contribution in [1.82, 2.24) is 14.9 Å². The average Bonchev–Trinajstić information content (AvgIpc) is 3.46. The molecular formula is C18H24Br2N4O7. The van der Waals surface area contributed by atoms with E-state index in [1.807, 2.05) is 5.01 Å². The Balaban J connectivity index is 1.25. The molecule has 11 nitrogen and oxygen atoms in total. The van der Waals surface area contributed by atoms with Crippen molar-refractivity contribution >= 4 is 49.7 Å². The standard InChI is InChI=1S/C18H24Br2N4O7/c1-28-24-23(31-24)22-9-7-21(8-10-22)15(25)5-6-16(26)29-11-3-2-4-13-12-14(17(19)20)30-18(13)27/h12H,2-11H2,1H3. The minimum atomic E-state index is -0.395. The number of carbonyl (C=O) groups excluding carboxylic acids is 3. The topological polar surface area (TPSA) is 108 Å². The van der Waals surface area contributed by atoms with Gasteiger partial charge in [0, 0.05) is 30.0 Å². The van der Waals surface area contributed by atoms with E-state index in [4.69, 9.17) is 18.9 Å². The summed E-state index contributed by atoms with van der Waals surface area (Å²) in [5.74, 6) is -0.373. The van der Waals surface area contributed by atoms with Crippen molar-refractivity contribution < 1.29 is 33.3 Å². The van der Waals surface area contributed by atoms with E-state index in [2.05, 4.69) is 31.9 Å². The first kappa shape index (κ1) is 23.5. The highest BCUT2D eigenvalue weighted by Crippen LogP contribution is 2.29. The first-order valence-corrected chi connectivity index (χ1v) is 11.5. The van der Waals surface area contributed by atoms with E-state index in [-0.39, 0.29) is 31.3 Å². The molecule has 3 rings (SSSR count). The maximum atomic E-state index is 12.3. The summed E-state index contributed by atoms with van der Waals surface area (Å²) in [5.41, 5.74) is 0.586. The molecule has 0 saturated carbocycles. The third-order valence-corrected chi connectivity index (χ3v) is 5.65. The molecule has 1 aromatic heterocycles. The van der Waals surface area contributed by atoms with Crippen LogP contribution in [-0.2, 0) is 23.9 Å². The van der Waals surface area contributed by atoms with Crippen molar-refractivity contribution in [2.24, 2.45) is 0 Å². The Morgan fingerprint density at radius 3 is 2.48 bits per heavy atom. The van der Waals surface area contributed by atoms with E-state index < -0.39 is 5.97 Å². The van der Waals surface area contributed by atoms with E-state index in [0.717, 1.165) is 0 Å². The average molecular weight is 568 g/mol. The maximum absolute atomic E-state index is 12.3. The Morgan fingerprint density at radius 1 is 1.13 bits per heavy atom. The van der Waals surface area contributed by atoms with Crippen LogP contribution in [0.25, 0.3) is 0 Å².